The molecule has 0 radical (unpaired) electrons. The van der Waals surface area contributed by atoms with Crippen LogP contribution in [0, 0.1) is 5.92 Å². The Hall–Kier alpha value is -4.19. The zero-order valence-electron chi connectivity index (χ0n) is 29.8. The molecular weight excluding hydrogens is 707 g/mol. The number of carbonyl (C=O) groups is 3. The maximum Gasteiger partial charge on any atom is 0.318 e. The van der Waals surface area contributed by atoms with E-state index in [-0.39, 0.29) is 23.9 Å². The van der Waals surface area contributed by atoms with Crippen molar-refractivity contribution in [3.63, 3.8) is 0 Å². The Bertz CT molecular complexity index is 1760. The third kappa shape index (κ3) is 7.63. The van der Waals surface area contributed by atoms with Gasteiger partial charge < -0.3 is 39.3 Å². The molecule has 3 aromatic rings. The van der Waals surface area contributed by atoms with E-state index in [2.05, 4.69) is 22.3 Å². The maximum atomic E-state index is 14.0. The lowest BCUT2D eigenvalue weighted by molar-refractivity contribution is -0.141. The SMILES string of the molecule is COc1cc(C(=O)N2CCC(CCN3CCC(NC(=O)N4CCC(C(=O)O)C4)(c4ccccc4)CC3)(c3ccc(Cl)c(Cl)c3)C2)cc(OC)c1OC. The summed E-state index contributed by atoms with van der Waals surface area (Å²) in [6.45, 7) is 3.96. The number of benzene rings is 3. The third-order valence-corrected chi connectivity index (χ3v) is 11.9. The number of hydrogen-bond acceptors (Lipinski definition) is 7. The zero-order valence-corrected chi connectivity index (χ0v) is 31.3. The maximum absolute atomic E-state index is 14.0. The van der Waals surface area contributed by atoms with Crippen molar-refractivity contribution in [2.45, 2.75) is 43.1 Å². The van der Waals surface area contributed by atoms with Crippen LogP contribution >= 0.6 is 23.2 Å². The molecule has 2 atom stereocenters. The minimum Gasteiger partial charge on any atom is -0.493 e. The second kappa shape index (κ2) is 15.8. The van der Waals surface area contributed by atoms with Gasteiger partial charge >= 0.3 is 12.0 Å². The van der Waals surface area contributed by atoms with Gasteiger partial charge in [0, 0.05) is 50.2 Å². The number of aliphatic carboxylic acids is 1. The minimum atomic E-state index is -0.865. The van der Waals surface area contributed by atoms with Crippen molar-refractivity contribution in [2.24, 2.45) is 5.92 Å². The first-order valence-electron chi connectivity index (χ1n) is 17.6. The Kier molecular flexibility index (Phi) is 11.4. The number of nitrogens with zero attached hydrogens (tertiary/aromatic N) is 3. The summed E-state index contributed by atoms with van der Waals surface area (Å²) in [5.41, 5.74) is 1.58. The summed E-state index contributed by atoms with van der Waals surface area (Å²) >= 11 is 12.9. The number of carboxylic acid groups (broad SMARTS) is 1. The second-order valence-corrected chi connectivity index (χ2v) is 14.9. The lowest BCUT2D eigenvalue weighted by atomic mass is 9.76. The summed E-state index contributed by atoms with van der Waals surface area (Å²) < 4.78 is 16.5. The molecule has 6 rings (SSSR count). The van der Waals surface area contributed by atoms with Gasteiger partial charge in [0.2, 0.25) is 5.75 Å². The Morgan fingerprint density at radius 2 is 1.52 bits per heavy atom. The largest absolute Gasteiger partial charge is 0.493 e. The molecule has 0 aromatic heterocycles. The van der Waals surface area contributed by atoms with Crippen molar-refractivity contribution < 1.29 is 33.7 Å². The van der Waals surface area contributed by atoms with Crippen LogP contribution in [0.25, 0.3) is 0 Å². The van der Waals surface area contributed by atoms with Gasteiger partial charge in [0.1, 0.15) is 0 Å². The smallest absolute Gasteiger partial charge is 0.318 e. The number of carboxylic acids is 1. The molecule has 0 aliphatic carbocycles. The molecule has 2 unspecified atom stereocenters. The van der Waals surface area contributed by atoms with E-state index in [0.717, 1.165) is 43.6 Å². The molecular formula is C39H46Cl2N4O7. The van der Waals surface area contributed by atoms with Crippen LogP contribution in [0.15, 0.2) is 60.7 Å². The first-order valence-corrected chi connectivity index (χ1v) is 18.4. The molecule has 11 nitrogen and oxygen atoms in total. The first kappa shape index (κ1) is 37.6. The fraction of sp³-hybridized carbons (Fsp3) is 0.462. The number of likely N-dealkylation sites (tertiary alicyclic amines) is 3. The minimum absolute atomic E-state index is 0.129. The summed E-state index contributed by atoms with van der Waals surface area (Å²) in [5.74, 6) is -0.276. The number of urea groups is 1. The first-order chi connectivity index (χ1) is 25.0. The Labute approximate surface area is 314 Å². The van der Waals surface area contributed by atoms with Crippen molar-refractivity contribution in [1.29, 1.82) is 0 Å². The summed E-state index contributed by atoms with van der Waals surface area (Å²) in [6, 6.07) is 18.9. The van der Waals surface area contributed by atoms with E-state index in [4.69, 9.17) is 37.4 Å². The molecule has 3 fully saturated rings. The van der Waals surface area contributed by atoms with Gasteiger partial charge in [-0.15, -0.1) is 0 Å². The van der Waals surface area contributed by atoms with Crippen LogP contribution in [-0.4, -0.2) is 105 Å². The molecule has 13 heteroatoms. The molecule has 0 bridgehead atoms. The van der Waals surface area contributed by atoms with Crippen LogP contribution in [-0.2, 0) is 15.7 Å². The van der Waals surface area contributed by atoms with Crippen molar-refractivity contribution in [2.75, 3.05) is 67.1 Å². The van der Waals surface area contributed by atoms with Crippen molar-refractivity contribution >= 4 is 41.1 Å². The Morgan fingerprint density at radius 1 is 0.827 bits per heavy atom. The fourth-order valence-electron chi connectivity index (χ4n) is 8.05. The van der Waals surface area contributed by atoms with Gasteiger partial charge in [-0.25, -0.2) is 4.79 Å². The van der Waals surface area contributed by atoms with E-state index in [9.17, 15) is 19.5 Å². The van der Waals surface area contributed by atoms with Crippen molar-refractivity contribution in [1.82, 2.24) is 20.0 Å². The van der Waals surface area contributed by atoms with Crippen LogP contribution in [0.3, 0.4) is 0 Å². The van der Waals surface area contributed by atoms with Crippen molar-refractivity contribution in [3.8, 4) is 17.2 Å². The number of amides is 3. The molecule has 2 N–H and O–H groups in total. The predicted molar refractivity (Wildman–Crippen MR) is 199 cm³/mol. The summed E-state index contributed by atoms with van der Waals surface area (Å²) in [7, 11) is 4.58. The lowest BCUT2D eigenvalue weighted by Gasteiger charge is -2.44. The fourth-order valence-corrected chi connectivity index (χ4v) is 8.34. The van der Waals surface area contributed by atoms with E-state index in [1.807, 2.05) is 41.3 Å². The highest BCUT2D eigenvalue weighted by molar-refractivity contribution is 6.42. The summed E-state index contributed by atoms with van der Waals surface area (Å²) in [6.07, 6.45) is 3.38. The van der Waals surface area contributed by atoms with E-state index < -0.39 is 17.4 Å². The standard InChI is InChI=1S/C39H46Cl2N4O7/c1-50-32-21-27(22-33(51-2)34(32)52-3)35(46)45-20-13-38(25-45,29-9-10-30(40)31(41)23-29)12-17-43-18-14-39(15-19-43,28-7-5-4-6-8-28)42-37(49)44-16-11-26(24-44)36(47)48/h4-10,21-23,26H,11-20,24-25H2,1-3H3,(H,42,49)(H,47,48). The molecule has 0 spiro atoms. The number of hydrogen-bond donors (Lipinski definition) is 2. The predicted octanol–water partition coefficient (Wildman–Crippen LogP) is 6.30. The van der Waals surface area contributed by atoms with Gasteiger partial charge in [0.25, 0.3) is 5.91 Å². The van der Waals surface area contributed by atoms with Crippen LogP contribution in [0.2, 0.25) is 10.0 Å². The quantitative estimate of drug-likeness (QED) is 0.234. The van der Waals surface area contributed by atoms with Gasteiger partial charge in [-0.2, -0.15) is 0 Å². The van der Waals surface area contributed by atoms with E-state index >= 15 is 0 Å². The van der Waals surface area contributed by atoms with Gasteiger partial charge in [-0.3, -0.25) is 9.59 Å². The molecule has 0 saturated carbocycles. The molecule has 3 aliphatic rings. The molecule has 3 amide bonds. The summed E-state index contributed by atoms with van der Waals surface area (Å²) in [4.78, 5) is 45.0. The Balaban J connectivity index is 1.19. The van der Waals surface area contributed by atoms with E-state index in [0.29, 0.717) is 71.8 Å². The second-order valence-electron chi connectivity index (χ2n) is 14.0. The van der Waals surface area contributed by atoms with Crippen LogP contribution < -0.4 is 19.5 Å². The number of ether oxygens (including phenoxy) is 3. The normalized spacial score (nSPS) is 21.5. The van der Waals surface area contributed by atoms with Crippen LogP contribution in [0.5, 0.6) is 17.2 Å². The molecule has 3 aliphatic heterocycles. The van der Waals surface area contributed by atoms with Crippen LogP contribution in [0.4, 0.5) is 4.79 Å². The van der Waals surface area contributed by atoms with E-state index in [1.54, 1.807) is 17.0 Å². The van der Waals surface area contributed by atoms with Gasteiger partial charge in [-0.05, 0) is 74.0 Å². The number of carbonyl (C=O) groups excluding carboxylic acids is 2. The average molecular weight is 754 g/mol. The zero-order chi connectivity index (χ0) is 37.0. The topological polar surface area (TPSA) is 121 Å². The van der Waals surface area contributed by atoms with Gasteiger partial charge in [-0.1, -0.05) is 59.6 Å². The third-order valence-electron chi connectivity index (χ3n) is 11.2. The van der Waals surface area contributed by atoms with Crippen molar-refractivity contribution in [3.05, 3.63) is 87.4 Å². The van der Waals surface area contributed by atoms with Gasteiger partial charge in [0.15, 0.2) is 11.5 Å². The molecule has 3 heterocycles. The molecule has 3 aromatic carbocycles. The Morgan fingerprint density at radius 3 is 2.12 bits per heavy atom. The number of halogens is 2. The molecule has 52 heavy (non-hydrogen) atoms. The molecule has 3 saturated heterocycles. The number of methoxy groups -OCH3 is 3. The highest BCUT2D eigenvalue weighted by Gasteiger charge is 2.44. The lowest BCUT2D eigenvalue weighted by Crippen LogP contribution is -2.56. The van der Waals surface area contributed by atoms with Gasteiger partial charge in [0.05, 0.1) is 42.8 Å². The average Bonchev–Trinajstić information content (AvgIpc) is 3.85. The highest BCUT2D eigenvalue weighted by atomic mass is 35.5. The van der Waals surface area contributed by atoms with E-state index in [1.165, 1.54) is 21.3 Å². The highest BCUT2D eigenvalue weighted by Crippen LogP contribution is 2.43. The number of piperidine rings is 1. The molecule has 278 valence electrons. The number of rotatable bonds is 11. The number of nitrogens with one attached hydrogen (secondary N) is 1. The van der Waals surface area contributed by atoms with Crippen LogP contribution in [0.1, 0.15) is 53.6 Å². The monoisotopic (exact) mass is 752 g/mol. The summed E-state index contributed by atoms with van der Waals surface area (Å²) in [5, 5.41) is 13.8.